The molecule has 0 aliphatic carbocycles. The van der Waals surface area contributed by atoms with Gasteiger partial charge in [0.15, 0.2) is 0 Å². The molecule has 1 aliphatic heterocycles. The monoisotopic (exact) mass is 181 g/mol. The topological polar surface area (TPSA) is 30.3 Å². The first-order chi connectivity index (χ1) is 6.15. The molecule has 3 heteroatoms. The van der Waals surface area contributed by atoms with Gasteiger partial charge >= 0.3 is 0 Å². The van der Waals surface area contributed by atoms with Gasteiger partial charge in [0.2, 0.25) is 0 Å². The molecule has 0 aromatic heterocycles. The van der Waals surface area contributed by atoms with Crippen molar-refractivity contribution in [2.45, 2.75) is 18.9 Å². The standard InChI is InChI=1S/C10H19N3/c1-12(2)10(8-11)9-4-6-13(3)7-5-9/h9-10H,4-7H2,1-3H3. The lowest BCUT2D eigenvalue weighted by Crippen LogP contribution is -2.40. The normalized spacial score (nSPS) is 23.0. The third-order valence-corrected chi connectivity index (χ3v) is 2.90. The van der Waals surface area contributed by atoms with Gasteiger partial charge in [0.25, 0.3) is 0 Å². The highest BCUT2D eigenvalue weighted by atomic mass is 15.1. The van der Waals surface area contributed by atoms with Crippen molar-refractivity contribution >= 4 is 0 Å². The van der Waals surface area contributed by atoms with Gasteiger partial charge in [0.1, 0.15) is 6.04 Å². The predicted molar refractivity (Wildman–Crippen MR) is 53.3 cm³/mol. The number of piperidine rings is 1. The van der Waals surface area contributed by atoms with Crippen LogP contribution in [0, 0.1) is 17.2 Å². The molecule has 0 saturated carbocycles. The molecule has 0 amide bonds. The van der Waals surface area contributed by atoms with Crippen LogP contribution in [0.4, 0.5) is 0 Å². The Hall–Kier alpha value is -0.590. The van der Waals surface area contributed by atoms with E-state index in [9.17, 15) is 0 Å². The van der Waals surface area contributed by atoms with Crippen molar-refractivity contribution in [2.75, 3.05) is 34.2 Å². The number of nitriles is 1. The summed E-state index contributed by atoms with van der Waals surface area (Å²) in [7, 11) is 6.13. The van der Waals surface area contributed by atoms with Crippen LogP contribution in [-0.2, 0) is 0 Å². The van der Waals surface area contributed by atoms with Crippen LogP contribution in [0.1, 0.15) is 12.8 Å². The molecule has 3 nitrogen and oxygen atoms in total. The summed E-state index contributed by atoms with van der Waals surface area (Å²) in [6.45, 7) is 2.27. The molecule has 0 bridgehead atoms. The summed E-state index contributed by atoms with van der Waals surface area (Å²) < 4.78 is 0. The van der Waals surface area contributed by atoms with Crippen LogP contribution in [0.2, 0.25) is 0 Å². The van der Waals surface area contributed by atoms with Crippen LogP contribution < -0.4 is 0 Å². The second-order valence-corrected chi connectivity index (χ2v) is 4.18. The molecule has 1 rings (SSSR count). The third kappa shape index (κ3) is 2.68. The maximum atomic E-state index is 9.01. The van der Waals surface area contributed by atoms with Crippen molar-refractivity contribution in [1.29, 1.82) is 5.26 Å². The molecular weight excluding hydrogens is 162 g/mol. The summed E-state index contributed by atoms with van der Waals surface area (Å²) in [5, 5.41) is 9.01. The highest BCUT2D eigenvalue weighted by Crippen LogP contribution is 2.21. The minimum absolute atomic E-state index is 0.105. The first-order valence-electron chi connectivity index (χ1n) is 4.89. The Labute approximate surface area is 80.9 Å². The van der Waals surface area contributed by atoms with E-state index in [1.807, 2.05) is 19.0 Å². The number of hydrogen-bond acceptors (Lipinski definition) is 3. The highest BCUT2D eigenvalue weighted by Gasteiger charge is 2.26. The van der Waals surface area contributed by atoms with E-state index in [1.54, 1.807) is 0 Å². The van der Waals surface area contributed by atoms with Crippen molar-refractivity contribution in [3.05, 3.63) is 0 Å². The minimum atomic E-state index is 0.105. The molecule has 74 valence electrons. The smallest absolute Gasteiger partial charge is 0.100 e. The van der Waals surface area contributed by atoms with Crippen LogP contribution in [0.5, 0.6) is 0 Å². The average molecular weight is 181 g/mol. The number of hydrogen-bond donors (Lipinski definition) is 0. The van der Waals surface area contributed by atoms with Gasteiger partial charge in [-0.3, -0.25) is 4.90 Å². The molecule has 0 aromatic rings. The minimum Gasteiger partial charge on any atom is -0.306 e. The predicted octanol–water partition coefficient (Wildman–Crippen LogP) is 0.782. The molecule has 0 radical (unpaired) electrons. The van der Waals surface area contributed by atoms with E-state index >= 15 is 0 Å². The van der Waals surface area contributed by atoms with Crippen LogP contribution in [-0.4, -0.2) is 50.1 Å². The van der Waals surface area contributed by atoms with Gasteiger partial charge in [0.05, 0.1) is 6.07 Å². The zero-order chi connectivity index (χ0) is 9.84. The van der Waals surface area contributed by atoms with E-state index in [4.69, 9.17) is 5.26 Å². The molecule has 1 unspecified atom stereocenters. The van der Waals surface area contributed by atoms with Crippen molar-refractivity contribution < 1.29 is 0 Å². The summed E-state index contributed by atoms with van der Waals surface area (Å²) in [5.41, 5.74) is 0. The average Bonchev–Trinajstić information content (AvgIpc) is 2.09. The Morgan fingerprint density at radius 3 is 2.31 bits per heavy atom. The van der Waals surface area contributed by atoms with E-state index in [1.165, 1.54) is 0 Å². The van der Waals surface area contributed by atoms with Gasteiger partial charge in [-0.1, -0.05) is 0 Å². The number of likely N-dealkylation sites (tertiary alicyclic amines) is 1. The van der Waals surface area contributed by atoms with Crippen molar-refractivity contribution in [3.63, 3.8) is 0 Å². The lowest BCUT2D eigenvalue weighted by Gasteiger charge is -2.33. The number of nitrogens with zero attached hydrogens (tertiary/aromatic N) is 3. The van der Waals surface area contributed by atoms with Gasteiger partial charge in [-0.25, -0.2) is 0 Å². The fourth-order valence-electron chi connectivity index (χ4n) is 1.99. The van der Waals surface area contributed by atoms with Crippen LogP contribution in [0.25, 0.3) is 0 Å². The molecule has 1 atom stereocenters. The Bertz CT molecular complexity index is 187. The highest BCUT2D eigenvalue weighted by molar-refractivity contribution is 4.96. The molecule has 1 saturated heterocycles. The summed E-state index contributed by atoms with van der Waals surface area (Å²) in [5.74, 6) is 0.566. The largest absolute Gasteiger partial charge is 0.306 e. The first kappa shape index (κ1) is 10.5. The lowest BCUT2D eigenvalue weighted by atomic mass is 9.90. The lowest BCUT2D eigenvalue weighted by molar-refractivity contribution is 0.159. The van der Waals surface area contributed by atoms with Gasteiger partial charge in [0, 0.05) is 0 Å². The fourth-order valence-corrected chi connectivity index (χ4v) is 1.99. The van der Waals surface area contributed by atoms with E-state index < -0.39 is 0 Å². The van der Waals surface area contributed by atoms with Crippen molar-refractivity contribution in [2.24, 2.45) is 5.92 Å². The quantitative estimate of drug-likeness (QED) is 0.630. The molecule has 0 N–H and O–H groups in total. The molecule has 13 heavy (non-hydrogen) atoms. The third-order valence-electron chi connectivity index (χ3n) is 2.90. The Balaban J connectivity index is 2.47. The van der Waals surface area contributed by atoms with E-state index in [2.05, 4.69) is 18.0 Å². The summed E-state index contributed by atoms with van der Waals surface area (Å²) in [6.07, 6.45) is 2.32. The second-order valence-electron chi connectivity index (χ2n) is 4.18. The molecule has 1 heterocycles. The van der Waals surface area contributed by atoms with Gasteiger partial charge < -0.3 is 4.90 Å². The molecule has 1 fully saturated rings. The Morgan fingerprint density at radius 2 is 1.92 bits per heavy atom. The van der Waals surface area contributed by atoms with Crippen LogP contribution in [0.3, 0.4) is 0 Å². The summed E-state index contributed by atoms with van der Waals surface area (Å²) in [4.78, 5) is 4.37. The Morgan fingerprint density at radius 1 is 1.38 bits per heavy atom. The van der Waals surface area contributed by atoms with Gasteiger partial charge in [-0.15, -0.1) is 0 Å². The van der Waals surface area contributed by atoms with Crippen LogP contribution >= 0.6 is 0 Å². The summed E-state index contributed by atoms with van der Waals surface area (Å²) >= 11 is 0. The van der Waals surface area contributed by atoms with Gasteiger partial charge in [-0.2, -0.15) is 5.26 Å². The fraction of sp³-hybridized carbons (Fsp3) is 0.900. The second kappa shape index (κ2) is 4.59. The maximum Gasteiger partial charge on any atom is 0.100 e. The van der Waals surface area contributed by atoms with Gasteiger partial charge in [-0.05, 0) is 53.0 Å². The van der Waals surface area contributed by atoms with Crippen molar-refractivity contribution in [1.82, 2.24) is 9.80 Å². The molecule has 0 spiro atoms. The Kier molecular flexibility index (Phi) is 3.71. The van der Waals surface area contributed by atoms with Crippen LogP contribution in [0.15, 0.2) is 0 Å². The number of rotatable bonds is 2. The maximum absolute atomic E-state index is 9.01. The SMILES string of the molecule is CN1CCC(C(C#N)N(C)C)CC1. The molecular formula is C10H19N3. The first-order valence-corrected chi connectivity index (χ1v) is 4.89. The zero-order valence-electron chi connectivity index (χ0n) is 8.82. The van der Waals surface area contributed by atoms with E-state index in [0.717, 1.165) is 25.9 Å². The van der Waals surface area contributed by atoms with E-state index in [-0.39, 0.29) is 6.04 Å². The van der Waals surface area contributed by atoms with Crippen molar-refractivity contribution in [3.8, 4) is 6.07 Å². The molecule has 0 aromatic carbocycles. The molecule has 1 aliphatic rings. The zero-order valence-corrected chi connectivity index (χ0v) is 8.82. The van der Waals surface area contributed by atoms with E-state index in [0.29, 0.717) is 5.92 Å². The summed E-state index contributed by atoms with van der Waals surface area (Å²) in [6, 6.07) is 2.50.